The van der Waals surface area contributed by atoms with Gasteiger partial charge in [0, 0.05) is 49.9 Å². The number of amides is 2. The van der Waals surface area contributed by atoms with Gasteiger partial charge in [-0.2, -0.15) is 11.8 Å². The maximum Gasteiger partial charge on any atom is 0.322 e. The number of rotatable bonds is 3. The first-order chi connectivity index (χ1) is 12.8. The van der Waals surface area contributed by atoms with Crippen LogP contribution in [0.4, 0.5) is 10.5 Å². The van der Waals surface area contributed by atoms with E-state index in [1.807, 2.05) is 34.9 Å². The maximum atomic E-state index is 12.8. The molecule has 0 radical (unpaired) electrons. The molecular formula is C21H25N3OS. The minimum Gasteiger partial charge on any atom is -0.320 e. The molecule has 26 heavy (non-hydrogen) atoms. The SMILES string of the molecule is O=C(Nc1ccccc1CN1CCSCC1)N1CCc2ccccc2C1. The number of urea groups is 1. The summed E-state index contributed by atoms with van der Waals surface area (Å²) in [5.74, 6) is 2.39. The van der Waals surface area contributed by atoms with Crippen LogP contribution in [0, 0.1) is 0 Å². The van der Waals surface area contributed by atoms with Crippen molar-refractivity contribution in [2.75, 3.05) is 36.5 Å². The lowest BCUT2D eigenvalue weighted by Crippen LogP contribution is -2.39. The Kier molecular flexibility index (Phi) is 5.46. The predicted molar refractivity (Wildman–Crippen MR) is 109 cm³/mol. The lowest BCUT2D eigenvalue weighted by Gasteiger charge is -2.30. The van der Waals surface area contributed by atoms with E-state index in [4.69, 9.17) is 0 Å². The Morgan fingerprint density at radius 2 is 1.69 bits per heavy atom. The minimum absolute atomic E-state index is 0.00107. The highest BCUT2D eigenvalue weighted by Gasteiger charge is 2.21. The molecule has 0 aromatic heterocycles. The summed E-state index contributed by atoms with van der Waals surface area (Å²) < 4.78 is 0. The van der Waals surface area contributed by atoms with Gasteiger partial charge >= 0.3 is 6.03 Å². The number of benzene rings is 2. The lowest BCUT2D eigenvalue weighted by atomic mass is 10.0. The summed E-state index contributed by atoms with van der Waals surface area (Å²) in [7, 11) is 0. The van der Waals surface area contributed by atoms with Crippen molar-refractivity contribution in [1.29, 1.82) is 0 Å². The van der Waals surface area contributed by atoms with Gasteiger partial charge in [-0.3, -0.25) is 4.90 Å². The second-order valence-corrected chi connectivity index (χ2v) is 8.14. The zero-order valence-electron chi connectivity index (χ0n) is 15.0. The number of para-hydroxylation sites is 1. The lowest BCUT2D eigenvalue weighted by molar-refractivity contribution is 0.206. The molecule has 1 fully saturated rings. The molecule has 2 aliphatic heterocycles. The van der Waals surface area contributed by atoms with Crippen LogP contribution >= 0.6 is 11.8 Å². The second kappa shape index (κ2) is 8.14. The van der Waals surface area contributed by atoms with Crippen LogP contribution in [-0.4, -0.2) is 47.0 Å². The zero-order chi connectivity index (χ0) is 17.8. The molecule has 0 spiro atoms. The van der Waals surface area contributed by atoms with Crippen molar-refractivity contribution in [3.63, 3.8) is 0 Å². The molecule has 1 saturated heterocycles. The van der Waals surface area contributed by atoms with E-state index in [2.05, 4.69) is 40.5 Å². The number of carbonyl (C=O) groups excluding carboxylic acids is 1. The van der Waals surface area contributed by atoms with Crippen LogP contribution in [0.5, 0.6) is 0 Å². The largest absolute Gasteiger partial charge is 0.322 e. The van der Waals surface area contributed by atoms with Gasteiger partial charge in [-0.15, -0.1) is 0 Å². The maximum absolute atomic E-state index is 12.8. The van der Waals surface area contributed by atoms with Crippen molar-refractivity contribution in [2.24, 2.45) is 0 Å². The average molecular weight is 368 g/mol. The number of anilines is 1. The Hall–Kier alpha value is -1.98. The van der Waals surface area contributed by atoms with Crippen molar-refractivity contribution in [3.05, 3.63) is 65.2 Å². The van der Waals surface area contributed by atoms with Gasteiger partial charge in [0.2, 0.25) is 0 Å². The van der Waals surface area contributed by atoms with Crippen molar-refractivity contribution in [2.45, 2.75) is 19.5 Å². The van der Waals surface area contributed by atoms with Crippen LogP contribution in [0.25, 0.3) is 0 Å². The highest BCUT2D eigenvalue weighted by molar-refractivity contribution is 7.99. The first-order valence-electron chi connectivity index (χ1n) is 9.30. The quantitative estimate of drug-likeness (QED) is 0.896. The van der Waals surface area contributed by atoms with E-state index in [0.29, 0.717) is 6.54 Å². The fourth-order valence-electron chi connectivity index (χ4n) is 3.64. The normalized spacial score (nSPS) is 17.6. The van der Waals surface area contributed by atoms with Crippen molar-refractivity contribution >= 4 is 23.5 Å². The first kappa shape index (κ1) is 17.4. The van der Waals surface area contributed by atoms with Gasteiger partial charge in [-0.05, 0) is 29.2 Å². The number of thioether (sulfide) groups is 1. The van der Waals surface area contributed by atoms with Gasteiger partial charge in [-0.25, -0.2) is 4.79 Å². The zero-order valence-corrected chi connectivity index (χ0v) is 15.8. The topological polar surface area (TPSA) is 35.6 Å². The molecule has 2 aromatic carbocycles. The Bertz CT molecular complexity index is 773. The molecule has 2 heterocycles. The van der Waals surface area contributed by atoms with Gasteiger partial charge in [-0.1, -0.05) is 42.5 Å². The molecule has 2 aliphatic rings. The van der Waals surface area contributed by atoms with E-state index in [1.54, 1.807) is 0 Å². The molecule has 2 amide bonds. The van der Waals surface area contributed by atoms with Gasteiger partial charge in [0.25, 0.3) is 0 Å². The standard InChI is InChI=1S/C21H25N3OS/c25-21(24-10-9-17-5-1-2-6-18(17)16-24)22-20-8-4-3-7-19(20)15-23-11-13-26-14-12-23/h1-8H,9-16H2,(H,22,25). The van der Waals surface area contributed by atoms with Crippen LogP contribution in [0.3, 0.4) is 0 Å². The highest BCUT2D eigenvalue weighted by atomic mass is 32.2. The van der Waals surface area contributed by atoms with Crippen LogP contribution < -0.4 is 5.32 Å². The molecule has 136 valence electrons. The van der Waals surface area contributed by atoms with Crippen LogP contribution in [0.2, 0.25) is 0 Å². The number of hydrogen-bond acceptors (Lipinski definition) is 3. The van der Waals surface area contributed by atoms with Gasteiger partial charge < -0.3 is 10.2 Å². The van der Waals surface area contributed by atoms with E-state index < -0.39 is 0 Å². The summed E-state index contributed by atoms with van der Waals surface area (Å²) in [6, 6.07) is 16.6. The number of fused-ring (bicyclic) bond motifs is 1. The smallest absolute Gasteiger partial charge is 0.320 e. The molecule has 0 unspecified atom stereocenters. The summed E-state index contributed by atoms with van der Waals surface area (Å²) in [4.78, 5) is 17.2. The van der Waals surface area contributed by atoms with E-state index in [-0.39, 0.29) is 6.03 Å². The number of nitrogens with zero attached hydrogens (tertiary/aromatic N) is 2. The van der Waals surface area contributed by atoms with E-state index in [9.17, 15) is 4.79 Å². The van der Waals surface area contributed by atoms with Crippen molar-refractivity contribution in [1.82, 2.24) is 9.80 Å². The first-order valence-corrected chi connectivity index (χ1v) is 10.5. The Morgan fingerprint density at radius 1 is 0.962 bits per heavy atom. The van der Waals surface area contributed by atoms with E-state index >= 15 is 0 Å². The summed E-state index contributed by atoms with van der Waals surface area (Å²) in [5, 5.41) is 3.16. The average Bonchev–Trinajstić information content (AvgIpc) is 2.70. The Labute approximate surface area is 159 Å². The Morgan fingerprint density at radius 3 is 2.54 bits per heavy atom. The molecule has 0 atom stereocenters. The van der Waals surface area contributed by atoms with Crippen molar-refractivity contribution in [3.8, 4) is 0 Å². The summed E-state index contributed by atoms with van der Waals surface area (Å²) in [6.45, 7) is 4.60. The monoisotopic (exact) mass is 367 g/mol. The minimum atomic E-state index is 0.00107. The molecular weight excluding hydrogens is 342 g/mol. The fraction of sp³-hybridized carbons (Fsp3) is 0.381. The van der Waals surface area contributed by atoms with Crippen LogP contribution in [0.1, 0.15) is 16.7 Å². The molecule has 0 saturated carbocycles. The molecule has 5 heteroatoms. The third-order valence-electron chi connectivity index (χ3n) is 5.17. The second-order valence-electron chi connectivity index (χ2n) is 6.92. The number of hydrogen-bond donors (Lipinski definition) is 1. The van der Waals surface area contributed by atoms with Crippen molar-refractivity contribution < 1.29 is 4.79 Å². The molecule has 4 rings (SSSR count). The van der Waals surface area contributed by atoms with Gasteiger partial charge in [0.15, 0.2) is 0 Å². The summed E-state index contributed by atoms with van der Waals surface area (Å²) in [6.07, 6.45) is 0.927. The molecule has 0 aliphatic carbocycles. The van der Waals surface area contributed by atoms with Crippen LogP contribution in [0.15, 0.2) is 48.5 Å². The highest BCUT2D eigenvalue weighted by Crippen LogP contribution is 2.22. The summed E-state index contributed by atoms with van der Waals surface area (Å²) >= 11 is 2.02. The Balaban J connectivity index is 1.43. The van der Waals surface area contributed by atoms with Gasteiger partial charge in [0.05, 0.1) is 0 Å². The number of nitrogens with one attached hydrogen (secondary N) is 1. The molecule has 2 aromatic rings. The third kappa shape index (κ3) is 4.05. The van der Waals surface area contributed by atoms with Gasteiger partial charge in [0.1, 0.15) is 0 Å². The predicted octanol–water partition coefficient (Wildman–Crippen LogP) is 3.83. The number of carbonyl (C=O) groups is 1. The van der Waals surface area contributed by atoms with E-state index in [1.165, 1.54) is 28.2 Å². The van der Waals surface area contributed by atoms with Crippen LogP contribution in [-0.2, 0) is 19.5 Å². The molecule has 0 bridgehead atoms. The van der Waals surface area contributed by atoms with E-state index in [0.717, 1.165) is 38.3 Å². The fourth-order valence-corrected chi connectivity index (χ4v) is 4.62. The molecule has 1 N–H and O–H groups in total. The summed E-state index contributed by atoms with van der Waals surface area (Å²) in [5.41, 5.74) is 4.76. The molecule has 4 nitrogen and oxygen atoms in total. The third-order valence-corrected chi connectivity index (χ3v) is 6.12.